The van der Waals surface area contributed by atoms with Crippen LogP contribution in [0, 0.1) is 0 Å². The Labute approximate surface area is 171 Å². The van der Waals surface area contributed by atoms with Crippen molar-refractivity contribution in [2.24, 2.45) is 0 Å². The topological polar surface area (TPSA) is 53.2 Å². The lowest BCUT2D eigenvalue weighted by Gasteiger charge is -2.31. The van der Waals surface area contributed by atoms with Crippen LogP contribution in [0.25, 0.3) is 0 Å². The Morgan fingerprint density at radius 1 is 1.12 bits per heavy atom. The second-order valence-electron chi connectivity index (χ2n) is 5.67. The summed E-state index contributed by atoms with van der Waals surface area (Å²) in [7, 11) is 0. The Balaban J connectivity index is 2.02. The second kappa shape index (κ2) is 7.84. The molecule has 1 aliphatic rings. The van der Waals surface area contributed by atoms with E-state index in [-0.39, 0.29) is 5.91 Å². The third-order valence-electron chi connectivity index (χ3n) is 3.88. The third-order valence-corrected chi connectivity index (χ3v) is 5.00. The second-order valence-corrected chi connectivity index (χ2v) is 7.33. The van der Waals surface area contributed by atoms with Gasteiger partial charge in [0.15, 0.2) is 5.11 Å². The number of hydrogen-bond donors (Lipinski definition) is 3. The summed E-state index contributed by atoms with van der Waals surface area (Å²) in [5, 5.41) is 10.7. The molecule has 2 aromatic carbocycles. The fraction of sp³-hybridized carbons (Fsp3) is 0.111. The van der Waals surface area contributed by atoms with Crippen LogP contribution in [0.15, 0.2) is 53.7 Å². The number of hydrogen-bond acceptors (Lipinski definition) is 2. The SMILES string of the molecule is CC1=C(C(=O)Nc2cccc(Cl)c2)[C@@H](c2c(Cl)cccc2Cl)NC(=S)N1. The third kappa shape index (κ3) is 3.96. The molecule has 0 aromatic heterocycles. The Morgan fingerprint density at radius 3 is 2.42 bits per heavy atom. The molecule has 1 aliphatic heterocycles. The van der Waals surface area contributed by atoms with Crippen LogP contribution in [0.1, 0.15) is 18.5 Å². The Bertz CT molecular complexity index is 909. The number of carbonyl (C=O) groups is 1. The van der Waals surface area contributed by atoms with Gasteiger partial charge in [-0.25, -0.2) is 0 Å². The summed E-state index contributed by atoms with van der Waals surface area (Å²) in [5.41, 5.74) is 2.23. The van der Waals surface area contributed by atoms with Crippen molar-refractivity contribution in [1.29, 1.82) is 0 Å². The highest BCUT2D eigenvalue weighted by molar-refractivity contribution is 7.80. The van der Waals surface area contributed by atoms with Crippen molar-refractivity contribution in [2.45, 2.75) is 13.0 Å². The molecule has 0 spiro atoms. The number of allylic oxidation sites excluding steroid dienone is 1. The molecule has 0 radical (unpaired) electrons. The fourth-order valence-electron chi connectivity index (χ4n) is 2.76. The highest BCUT2D eigenvalue weighted by Crippen LogP contribution is 2.36. The minimum Gasteiger partial charge on any atom is -0.351 e. The van der Waals surface area contributed by atoms with Gasteiger partial charge < -0.3 is 16.0 Å². The van der Waals surface area contributed by atoms with E-state index >= 15 is 0 Å². The average Bonchev–Trinajstić information content (AvgIpc) is 2.54. The molecule has 0 aliphatic carbocycles. The van der Waals surface area contributed by atoms with Gasteiger partial charge in [0.25, 0.3) is 5.91 Å². The van der Waals surface area contributed by atoms with Crippen LogP contribution < -0.4 is 16.0 Å². The molecular weight excluding hydrogens is 413 g/mol. The van der Waals surface area contributed by atoms with Crippen molar-refractivity contribution >= 4 is 63.7 Å². The Hall–Kier alpha value is -1.79. The lowest BCUT2D eigenvalue weighted by atomic mass is 9.94. The molecule has 0 fully saturated rings. The molecule has 1 heterocycles. The van der Waals surface area contributed by atoms with Crippen LogP contribution in [-0.4, -0.2) is 11.0 Å². The van der Waals surface area contributed by atoms with E-state index in [1.165, 1.54) is 0 Å². The largest absolute Gasteiger partial charge is 0.351 e. The molecule has 1 atom stereocenters. The fourth-order valence-corrected chi connectivity index (χ4v) is 3.84. The molecule has 134 valence electrons. The molecule has 2 aromatic rings. The van der Waals surface area contributed by atoms with E-state index in [1.54, 1.807) is 49.4 Å². The molecule has 0 unspecified atom stereocenters. The van der Waals surface area contributed by atoms with Gasteiger partial charge in [-0.1, -0.05) is 46.9 Å². The summed E-state index contributed by atoms with van der Waals surface area (Å²) in [5.74, 6) is -0.312. The Morgan fingerprint density at radius 2 is 1.77 bits per heavy atom. The predicted octanol–water partition coefficient (Wildman–Crippen LogP) is 5.08. The van der Waals surface area contributed by atoms with Gasteiger partial charge in [0.05, 0.1) is 11.6 Å². The number of benzene rings is 2. The number of rotatable bonds is 3. The first-order chi connectivity index (χ1) is 12.4. The van der Waals surface area contributed by atoms with Gasteiger partial charge in [0.1, 0.15) is 0 Å². The van der Waals surface area contributed by atoms with Crippen molar-refractivity contribution in [3.8, 4) is 0 Å². The van der Waals surface area contributed by atoms with E-state index in [0.717, 1.165) is 0 Å². The zero-order valence-corrected chi connectivity index (χ0v) is 16.7. The quantitative estimate of drug-likeness (QED) is 0.599. The van der Waals surface area contributed by atoms with Crippen LogP contribution in [0.3, 0.4) is 0 Å². The summed E-state index contributed by atoms with van der Waals surface area (Å²) in [6.07, 6.45) is 0. The highest BCUT2D eigenvalue weighted by Gasteiger charge is 2.32. The van der Waals surface area contributed by atoms with E-state index in [4.69, 9.17) is 47.0 Å². The maximum absolute atomic E-state index is 13.0. The van der Waals surface area contributed by atoms with E-state index < -0.39 is 6.04 Å². The van der Waals surface area contributed by atoms with Crippen molar-refractivity contribution in [3.05, 3.63) is 74.4 Å². The smallest absolute Gasteiger partial charge is 0.255 e. The van der Waals surface area contributed by atoms with Gasteiger partial charge >= 0.3 is 0 Å². The maximum Gasteiger partial charge on any atom is 0.255 e. The monoisotopic (exact) mass is 425 g/mol. The van der Waals surface area contributed by atoms with Gasteiger partial charge in [-0.3, -0.25) is 4.79 Å². The van der Waals surface area contributed by atoms with Crippen molar-refractivity contribution < 1.29 is 4.79 Å². The zero-order valence-electron chi connectivity index (χ0n) is 13.6. The summed E-state index contributed by atoms with van der Waals surface area (Å²) in [6.45, 7) is 1.78. The van der Waals surface area contributed by atoms with E-state index in [9.17, 15) is 4.79 Å². The zero-order chi connectivity index (χ0) is 18.8. The van der Waals surface area contributed by atoms with Crippen LogP contribution in [0.2, 0.25) is 15.1 Å². The number of amides is 1. The Kier molecular flexibility index (Phi) is 5.73. The van der Waals surface area contributed by atoms with Crippen LogP contribution in [0.5, 0.6) is 0 Å². The predicted molar refractivity (Wildman–Crippen MR) is 111 cm³/mol. The minimum absolute atomic E-state index is 0.312. The summed E-state index contributed by atoms with van der Waals surface area (Å²) < 4.78 is 0. The molecule has 0 bridgehead atoms. The van der Waals surface area contributed by atoms with Crippen LogP contribution in [0.4, 0.5) is 5.69 Å². The summed E-state index contributed by atoms with van der Waals surface area (Å²) >= 11 is 23.9. The number of halogens is 3. The first kappa shape index (κ1) is 19.0. The van der Waals surface area contributed by atoms with Crippen molar-refractivity contribution in [3.63, 3.8) is 0 Å². The van der Waals surface area contributed by atoms with Crippen LogP contribution >= 0.6 is 47.0 Å². The lowest BCUT2D eigenvalue weighted by Crippen LogP contribution is -2.46. The molecule has 0 saturated carbocycles. The van der Waals surface area contributed by atoms with Gasteiger partial charge in [-0.15, -0.1) is 0 Å². The van der Waals surface area contributed by atoms with Gasteiger partial charge in [-0.05, 0) is 49.5 Å². The first-order valence-corrected chi connectivity index (χ1v) is 9.20. The molecule has 3 rings (SSSR count). The standard InChI is InChI=1S/C18H14Cl3N3OS/c1-9-14(17(25)23-11-5-2-4-10(19)8-11)16(24-18(26)22-9)15-12(20)6-3-7-13(15)21/h2-8,16H,1H3,(H,23,25)(H2,22,24,26)/t16-/m0/s1. The van der Waals surface area contributed by atoms with Crippen molar-refractivity contribution in [2.75, 3.05) is 5.32 Å². The number of nitrogens with one attached hydrogen (secondary N) is 3. The minimum atomic E-state index is -0.580. The molecule has 8 heteroatoms. The first-order valence-electron chi connectivity index (χ1n) is 7.66. The maximum atomic E-state index is 13.0. The molecule has 26 heavy (non-hydrogen) atoms. The van der Waals surface area contributed by atoms with Gasteiger partial charge in [0, 0.05) is 32.0 Å². The highest BCUT2D eigenvalue weighted by atomic mass is 35.5. The van der Waals surface area contributed by atoms with E-state index in [1.807, 2.05) is 0 Å². The van der Waals surface area contributed by atoms with Crippen LogP contribution in [-0.2, 0) is 4.79 Å². The molecule has 1 amide bonds. The normalized spacial score (nSPS) is 16.8. The summed E-state index contributed by atoms with van der Waals surface area (Å²) in [4.78, 5) is 13.0. The lowest BCUT2D eigenvalue weighted by molar-refractivity contribution is -0.113. The van der Waals surface area contributed by atoms with Gasteiger partial charge in [0.2, 0.25) is 0 Å². The van der Waals surface area contributed by atoms with Gasteiger partial charge in [-0.2, -0.15) is 0 Å². The number of carbonyl (C=O) groups excluding carboxylic acids is 1. The molecule has 3 N–H and O–H groups in total. The number of anilines is 1. The molecular formula is C18H14Cl3N3OS. The van der Waals surface area contributed by atoms with E-state index in [2.05, 4.69) is 16.0 Å². The molecule has 0 saturated heterocycles. The number of thiocarbonyl (C=S) groups is 1. The van der Waals surface area contributed by atoms with E-state index in [0.29, 0.717) is 42.7 Å². The average molecular weight is 427 g/mol. The van der Waals surface area contributed by atoms with Crippen molar-refractivity contribution in [1.82, 2.24) is 10.6 Å². The summed E-state index contributed by atoms with van der Waals surface area (Å²) in [6, 6.07) is 11.5. The molecule has 4 nitrogen and oxygen atoms in total.